The molecule has 1 aliphatic rings. The number of carbonyl (C=O) groups is 1. The van der Waals surface area contributed by atoms with Crippen LogP contribution in [0, 0.1) is 0 Å². The lowest BCUT2D eigenvalue weighted by atomic mass is 10.3. The number of ether oxygens (including phenoxy) is 3. The van der Waals surface area contributed by atoms with Gasteiger partial charge in [0.1, 0.15) is 13.2 Å². The Hall–Kier alpha value is -1.55. The van der Waals surface area contributed by atoms with E-state index in [2.05, 4.69) is 10.6 Å². The maximum Gasteiger partial charge on any atom is 0.221 e. The molecule has 0 saturated heterocycles. The van der Waals surface area contributed by atoms with Gasteiger partial charge < -0.3 is 24.8 Å². The first-order valence-electron chi connectivity index (χ1n) is 8.12. The van der Waals surface area contributed by atoms with Gasteiger partial charge in [0, 0.05) is 39.2 Å². The highest BCUT2D eigenvalue weighted by Crippen LogP contribution is 2.32. The third-order valence-electron chi connectivity index (χ3n) is 3.58. The minimum Gasteiger partial charge on any atom is -0.486 e. The quantitative estimate of drug-likeness (QED) is 0.540. The number of hydrogen-bond acceptors (Lipinski definition) is 7. The van der Waals surface area contributed by atoms with Gasteiger partial charge >= 0.3 is 0 Å². The summed E-state index contributed by atoms with van der Waals surface area (Å²) in [7, 11) is -1.94. The number of halogens is 1. The van der Waals surface area contributed by atoms with Gasteiger partial charge in [0.15, 0.2) is 21.3 Å². The predicted octanol–water partition coefficient (Wildman–Crippen LogP) is 0.396. The molecule has 26 heavy (non-hydrogen) atoms. The molecule has 1 amide bonds. The van der Waals surface area contributed by atoms with Crippen LogP contribution in [0.5, 0.6) is 11.5 Å². The number of methoxy groups -OCH3 is 1. The molecule has 0 fully saturated rings. The van der Waals surface area contributed by atoms with Crippen molar-refractivity contribution in [2.75, 3.05) is 52.3 Å². The van der Waals surface area contributed by atoms with Crippen molar-refractivity contribution in [3.05, 3.63) is 18.2 Å². The van der Waals surface area contributed by atoms with Gasteiger partial charge in [-0.3, -0.25) is 4.79 Å². The molecule has 0 saturated carbocycles. The Balaban J connectivity index is 0.00000338. The Bertz CT molecular complexity index is 683. The fourth-order valence-electron chi connectivity index (χ4n) is 2.24. The summed E-state index contributed by atoms with van der Waals surface area (Å²) in [6.07, 6.45) is -0.0884. The summed E-state index contributed by atoms with van der Waals surface area (Å²) in [5.41, 5.74) is 0. The lowest BCUT2D eigenvalue weighted by Gasteiger charge is -2.18. The fraction of sp³-hybridized carbons (Fsp3) is 0.562. The molecule has 148 valence electrons. The Morgan fingerprint density at radius 1 is 1.15 bits per heavy atom. The van der Waals surface area contributed by atoms with E-state index in [1.807, 2.05) is 0 Å². The molecular weight excluding hydrogens is 384 g/mol. The van der Waals surface area contributed by atoms with E-state index < -0.39 is 9.84 Å². The van der Waals surface area contributed by atoms with Crippen molar-refractivity contribution in [2.24, 2.45) is 0 Å². The zero-order valence-corrected chi connectivity index (χ0v) is 16.3. The monoisotopic (exact) mass is 408 g/mol. The smallest absolute Gasteiger partial charge is 0.221 e. The molecule has 8 nitrogen and oxygen atoms in total. The van der Waals surface area contributed by atoms with Crippen LogP contribution in [0.25, 0.3) is 0 Å². The van der Waals surface area contributed by atoms with E-state index in [4.69, 9.17) is 14.2 Å². The van der Waals surface area contributed by atoms with E-state index in [0.717, 1.165) is 0 Å². The van der Waals surface area contributed by atoms with Crippen molar-refractivity contribution in [1.29, 1.82) is 0 Å². The summed E-state index contributed by atoms with van der Waals surface area (Å²) in [5, 5.41) is 5.77. The lowest BCUT2D eigenvalue weighted by molar-refractivity contribution is -0.120. The van der Waals surface area contributed by atoms with Gasteiger partial charge in [-0.2, -0.15) is 0 Å². The van der Waals surface area contributed by atoms with Crippen molar-refractivity contribution in [2.45, 2.75) is 11.3 Å². The molecule has 1 aliphatic heterocycles. The molecule has 0 radical (unpaired) electrons. The number of amides is 1. The molecule has 0 aromatic heterocycles. The number of sulfone groups is 1. The topological polar surface area (TPSA) is 103 Å². The highest BCUT2D eigenvalue weighted by Gasteiger charge is 2.20. The highest BCUT2D eigenvalue weighted by atomic mass is 35.5. The summed E-state index contributed by atoms with van der Waals surface area (Å²) in [4.78, 5) is 11.9. The number of benzene rings is 1. The van der Waals surface area contributed by atoms with Gasteiger partial charge in [-0.15, -0.1) is 12.4 Å². The molecule has 1 aromatic carbocycles. The second kappa shape index (κ2) is 11.2. The first-order chi connectivity index (χ1) is 12.0. The first-order valence-corrected chi connectivity index (χ1v) is 9.77. The number of fused-ring (bicyclic) bond motifs is 1. The van der Waals surface area contributed by atoms with Crippen molar-refractivity contribution in [3.63, 3.8) is 0 Å². The normalized spacial score (nSPS) is 13.0. The zero-order chi connectivity index (χ0) is 18.1. The average molecular weight is 409 g/mol. The van der Waals surface area contributed by atoms with Gasteiger partial charge in [-0.25, -0.2) is 8.42 Å². The van der Waals surface area contributed by atoms with Crippen molar-refractivity contribution < 1.29 is 27.4 Å². The van der Waals surface area contributed by atoms with Gasteiger partial charge in [-0.05, 0) is 12.1 Å². The number of nitrogens with one attached hydrogen (secondary N) is 2. The van der Waals surface area contributed by atoms with E-state index in [1.54, 1.807) is 13.2 Å². The van der Waals surface area contributed by atoms with Crippen molar-refractivity contribution >= 4 is 28.2 Å². The number of carbonyl (C=O) groups excluding carboxylic acids is 1. The Kier molecular flexibility index (Phi) is 9.71. The summed E-state index contributed by atoms with van der Waals surface area (Å²) in [6, 6.07) is 4.50. The zero-order valence-electron chi connectivity index (χ0n) is 14.7. The molecule has 2 rings (SSSR count). The summed E-state index contributed by atoms with van der Waals surface area (Å²) in [6.45, 7) is 3.17. The SMILES string of the molecule is COCCNCCNC(=O)CCS(=O)(=O)c1ccc2c(c1)OCCO2.Cl. The lowest BCUT2D eigenvalue weighted by Crippen LogP contribution is -2.33. The van der Waals surface area contributed by atoms with Crippen molar-refractivity contribution in [1.82, 2.24) is 10.6 Å². The van der Waals surface area contributed by atoms with Crippen LogP contribution in [-0.4, -0.2) is 66.6 Å². The van der Waals surface area contributed by atoms with Crippen LogP contribution in [0.2, 0.25) is 0 Å². The van der Waals surface area contributed by atoms with Gasteiger partial charge in [0.25, 0.3) is 0 Å². The van der Waals surface area contributed by atoms with E-state index >= 15 is 0 Å². The largest absolute Gasteiger partial charge is 0.486 e. The van der Waals surface area contributed by atoms with Crippen LogP contribution in [-0.2, 0) is 19.4 Å². The van der Waals surface area contributed by atoms with Crippen molar-refractivity contribution in [3.8, 4) is 11.5 Å². The molecule has 1 aromatic rings. The average Bonchev–Trinajstić information content (AvgIpc) is 2.62. The number of rotatable bonds is 10. The third-order valence-corrected chi connectivity index (χ3v) is 5.29. The second-order valence-corrected chi connectivity index (χ2v) is 7.58. The fourth-order valence-corrected chi connectivity index (χ4v) is 3.49. The molecule has 0 aliphatic carbocycles. The Labute approximate surface area is 159 Å². The van der Waals surface area contributed by atoms with E-state index in [9.17, 15) is 13.2 Å². The predicted molar refractivity (Wildman–Crippen MR) is 99.1 cm³/mol. The van der Waals surface area contributed by atoms with Crippen LogP contribution in [0.1, 0.15) is 6.42 Å². The van der Waals surface area contributed by atoms with E-state index in [-0.39, 0.29) is 35.4 Å². The third kappa shape index (κ3) is 6.99. The van der Waals surface area contributed by atoms with Gasteiger partial charge in [0.05, 0.1) is 17.3 Å². The Morgan fingerprint density at radius 3 is 2.62 bits per heavy atom. The highest BCUT2D eigenvalue weighted by molar-refractivity contribution is 7.91. The molecule has 10 heteroatoms. The van der Waals surface area contributed by atoms with E-state index in [1.165, 1.54) is 12.1 Å². The van der Waals surface area contributed by atoms with Crippen LogP contribution in [0.3, 0.4) is 0 Å². The van der Waals surface area contributed by atoms with Crippen LogP contribution in [0.15, 0.2) is 23.1 Å². The molecular formula is C16H25ClN2O6S. The van der Waals surface area contributed by atoms with E-state index in [0.29, 0.717) is 51.0 Å². The van der Waals surface area contributed by atoms with Gasteiger partial charge in [0.2, 0.25) is 5.91 Å². The maximum atomic E-state index is 12.4. The molecule has 0 atom stereocenters. The molecule has 0 bridgehead atoms. The molecule has 0 spiro atoms. The standard InChI is InChI=1S/C16H24N2O6S.ClH/c1-22-8-7-17-5-6-18-16(19)4-11-25(20,21)13-2-3-14-15(12-13)24-10-9-23-14;/h2-3,12,17H,4-11H2,1H3,(H,18,19);1H. The molecule has 0 unspecified atom stereocenters. The van der Waals surface area contributed by atoms with Crippen LogP contribution >= 0.6 is 12.4 Å². The Morgan fingerprint density at radius 2 is 1.88 bits per heavy atom. The minimum atomic E-state index is -3.56. The maximum absolute atomic E-state index is 12.4. The summed E-state index contributed by atoms with van der Waals surface area (Å²) >= 11 is 0. The van der Waals surface area contributed by atoms with Crippen LogP contribution < -0.4 is 20.1 Å². The first kappa shape index (κ1) is 22.5. The number of hydrogen-bond donors (Lipinski definition) is 2. The minimum absolute atomic E-state index is 0. The summed E-state index contributed by atoms with van der Waals surface area (Å²) in [5.74, 6) is 0.396. The van der Waals surface area contributed by atoms with Gasteiger partial charge in [-0.1, -0.05) is 0 Å². The van der Waals surface area contributed by atoms with Crippen LogP contribution in [0.4, 0.5) is 0 Å². The second-order valence-electron chi connectivity index (χ2n) is 5.47. The molecule has 2 N–H and O–H groups in total. The summed E-state index contributed by atoms with van der Waals surface area (Å²) < 4.78 is 40.4. The molecule has 1 heterocycles.